The number of unbranched alkanes of at least 4 members (excludes halogenated alkanes) is 1. The smallest absolute Gasteiger partial charge is 0.387 e. The molecule has 0 saturated carbocycles. The van der Waals surface area contributed by atoms with E-state index in [9.17, 15) is 13.2 Å². The maximum absolute atomic E-state index is 13.5. The summed E-state index contributed by atoms with van der Waals surface area (Å²) in [6.45, 7) is 2.30. The molecular formula is C13H19F3N2O. The van der Waals surface area contributed by atoms with Crippen molar-refractivity contribution < 1.29 is 17.9 Å². The van der Waals surface area contributed by atoms with Gasteiger partial charge in [-0.15, -0.1) is 0 Å². The highest BCUT2D eigenvalue weighted by atomic mass is 19.3. The molecule has 108 valence electrons. The number of nitrogens with two attached hydrogens (primary N) is 1. The van der Waals surface area contributed by atoms with Crippen molar-refractivity contribution in [2.24, 2.45) is 0 Å². The third kappa shape index (κ3) is 4.22. The molecule has 1 rings (SSSR count). The van der Waals surface area contributed by atoms with E-state index in [0.717, 1.165) is 25.5 Å². The first-order chi connectivity index (χ1) is 8.99. The molecule has 0 radical (unpaired) electrons. The molecule has 0 bridgehead atoms. The fraction of sp³-hybridized carbons (Fsp3) is 0.538. The Morgan fingerprint density at radius 2 is 2.00 bits per heavy atom. The third-order valence-corrected chi connectivity index (χ3v) is 2.80. The van der Waals surface area contributed by atoms with Gasteiger partial charge in [0.2, 0.25) is 0 Å². The van der Waals surface area contributed by atoms with Gasteiger partial charge in [-0.1, -0.05) is 13.3 Å². The molecule has 0 heterocycles. The molecule has 0 atom stereocenters. The zero-order valence-corrected chi connectivity index (χ0v) is 11.1. The van der Waals surface area contributed by atoms with Crippen molar-refractivity contribution in [3.63, 3.8) is 0 Å². The highest BCUT2D eigenvalue weighted by Crippen LogP contribution is 2.32. The summed E-state index contributed by atoms with van der Waals surface area (Å²) < 4.78 is 42.0. The Hall–Kier alpha value is -1.59. The second kappa shape index (κ2) is 7.11. The maximum atomic E-state index is 13.5. The number of halogens is 3. The number of benzene rings is 1. The molecule has 1 aromatic carbocycles. The molecule has 0 saturated heterocycles. The lowest BCUT2D eigenvalue weighted by molar-refractivity contribution is -0.0521. The van der Waals surface area contributed by atoms with Crippen LogP contribution in [0.1, 0.15) is 26.7 Å². The van der Waals surface area contributed by atoms with Crippen LogP contribution in [0.4, 0.5) is 24.5 Å². The summed E-state index contributed by atoms with van der Waals surface area (Å²) in [4.78, 5) is 1.91. The van der Waals surface area contributed by atoms with Crippen molar-refractivity contribution in [2.45, 2.75) is 33.3 Å². The van der Waals surface area contributed by atoms with Crippen molar-refractivity contribution >= 4 is 11.4 Å². The van der Waals surface area contributed by atoms with E-state index in [0.29, 0.717) is 12.2 Å². The molecule has 0 spiro atoms. The zero-order chi connectivity index (χ0) is 14.4. The summed E-state index contributed by atoms with van der Waals surface area (Å²) in [5.74, 6) is -1.36. The minimum Gasteiger partial charge on any atom is -0.432 e. The van der Waals surface area contributed by atoms with E-state index in [2.05, 4.69) is 4.74 Å². The van der Waals surface area contributed by atoms with E-state index in [1.807, 2.05) is 18.7 Å². The Balaban J connectivity index is 3.04. The fourth-order valence-corrected chi connectivity index (χ4v) is 1.82. The quantitative estimate of drug-likeness (QED) is 0.773. The van der Waals surface area contributed by atoms with E-state index in [1.54, 1.807) is 0 Å². The summed E-state index contributed by atoms with van der Waals surface area (Å²) in [5.41, 5.74) is 6.49. The van der Waals surface area contributed by atoms with Gasteiger partial charge in [0, 0.05) is 25.2 Å². The standard InChI is InChI=1S/C13H19F3N2O/c1-3-5-6-18(4-2)11-8-12(19-13(15)16)9(14)7-10(11)17/h7-8,13H,3-6,17H2,1-2H3. The highest BCUT2D eigenvalue weighted by Gasteiger charge is 2.16. The Labute approximate surface area is 111 Å². The van der Waals surface area contributed by atoms with Crippen LogP contribution < -0.4 is 15.4 Å². The number of rotatable bonds is 7. The Kier molecular flexibility index (Phi) is 5.79. The van der Waals surface area contributed by atoms with E-state index in [4.69, 9.17) is 5.73 Å². The van der Waals surface area contributed by atoms with Crippen molar-refractivity contribution in [2.75, 3.05) is 23.7 Å². The Bertz CT molecular complexity index is 413. The minimum atomic E-state index is -3.06. The lowest BCUT2D eigenvalue weighted by Gasteiger charge is -2.25. The molecule has 1 aromatic rings. The summed E-state index contributed by atoms with van der Waals surface area (Å²) in [6, 6.07) is 2.25. The number of hydrogen-bond acceptors (Lipinski definition) is 3. The second-order valence-electron chi connectivity index (χ2n) is 4.15. The molecule has 19 heavy (non-hydrogen) atoms. The molecule has 0 aromatic heterocycles. The molecule has 0 aliphatic carbocycles. The van der Waals surface area contributed by atoms with Crippen molar-refractivity contribution in [3.8, 4) is 5.75 Å². The SMILES string of the molecule is CCCCN(CC)c1cc(OC(F)F)c(F)cc1N. The van der Waals surface area contributed by atoms with Crippen LogP contribution in [0.25, 0.3) is 0 Å². The summed E-state index contributed by atoms with van der Waals surface area (Å²) >= 11 is 0. The summed E-state index contributed by atoms with van der Waals surface area (Å²) in [6.07, 6.45) is 1.94. The number of nitrogens with zero attached hydrogens (tertiary/aromatic N) is 1. The van der Waals surface area contributed by atoms with Crippen molar-refractivity contribution in [1.82, 2.24) is 0 Å². The van der Waals surface area contributed by atoms with Gasteiger partial charge in [-0.2, -0.15) is 8.78 Å². The van der Waals surface area contributed by atoms with Gasteiger partial charge in [0.25, 0.3) is 0 Å². The van der Waals surface area contributed by atoms with Crippen molar-refractivity contribution in [3.05, 3.63) is 17.9 Å². The van der Waals surface area contributed by atoms with E-state index in [-0.39, 0.29) is 5.69 Å². The molecule has 2 N–H and O–H groups in total. The van der Waals surface area contributed by atoms with Gasteiger partial charge >= 0.3 is 6.61 Å². The molecule has 6 heteroatoms. The van der Waals surface area contributed by atoms with Crippen LogP contribution in [0, 0.1) is 5.82 Å². The largest absolute Gasteiger partial charge is 0.432 e. The van der Waals surface area contributed by atoms with Crippen LogP contribution in [-0.2, 0) is 0 Å². The van der Waals surface area contributed by atoms with Crippen LogP contribution in [0.5, 0.6) is 5.75 Å². The lowest BCUT2D eigenvalue weighted by Crippen LogP contribution is -2.25. The molecule has 0 amide bonds. The maximum Gasteiger partial charge on any atom is 0.387 e. The van der Waals surface area contributed by atoms with Crippen LogP contribution in [0.15, 0.2) is 12.1 Å². The molecule has 0 unspecified atom stereocenters. The topological polar surface area (TPSA) is 38.5 Å². The predicted molar refractivity (Wildman–Crippen MR) is 70.2 cm³/mol. The Morgan fingerprint density at radius 1 is 1.32 bits per heavy atom. The normalized spacial score (nSPS) is 10.8. The van der Waals surface area contributed by atoms with Gasteiger partial charge in [0.1, 0.15) is 0 Å². The highest BCUT2D eigenvalue weighted by molar-refractivity contribution is 5.70. The number of hydrogen-bond donors (Lipinski definition) is 1. The first-order valence-corrected chi connectivity index (χ1v) is 6.28. The summed E-state index contributed by atoms with van der Waals surface area (Å²) in [7, 11) is 0. The van der Waals surface area contributed by atoms with E-state index < -0.39 is 18.2 Å². The van der Waals surface area contributed by atoms with Crippen LogP contribution in [-0.4, -0.2) is 19.7 Å². The van der Waals surface area contributed by atoms with Gasteiger partial charge in [-0.3, -0.25) is 0 Å². The number of alkyl halides is 2. The van der Waals surface area contributed by atoms with Gasteiger partial charge in [0.05, 0.1) is 11.4 Å². The molecule has 0 aliphatic heterocycles. The lowest BCUT2D eigenvalue weighted by atomic mass is 10.2. The monoisotopic (exact) mass is 276 g/mol. The zero-order valence-electron chi connectivity index (χ0n) is 11.1. The van der Waals surface area contributed by atoms with Crippen molar-refractivity contribution in [1.29, 1.82) is 0 Å². The molecule has 0 aliphatic rings. The fourth-order valence-electron chi connectivity index (χ4n) is 1.82. The van der Waals surface area contributed by atoms with Gasteiger partial charge < -0.3 is 15.4 Å². The first kappa shape index (κ1) is 15.5. The number of ether oxygens (including phenoxy) is 1. The minimum absolute atomic E-state index is 0.220. The molecular weight excluding hydrogens is 257 g/mol. The van der Waals surface area contributed by atoms with E-state index >= 15 is 0 Å². The summed E-state index contributed by atoms with van der Waals surface area (Å²) in [5, 5.41) is 0. The van der Waals surface area contributed by atoms with Crippen LogP contribution >= 0.6 is 0 Å². The number of nitrogen functional groups attached to an aromatic ring is 1. The molecule has 3 nitrogen and oxygen atoms in total. The second-order valence-corrected chi connectivity index (χ2v) is 4.15. The van der Waals surface area contributed by atoms with Crippen LogP contribution in [0.2, 0.25) is 0 Å². The number of anilines is 2. The Morgan fingerprint density at radius 3 is 2.53 bits per heavy atom. The van der Waals surface area contributed by atoms with Gasteiger partial charge in [-0.05, 0) is 13.3 Å². The van der Waals surface area contributed by atoms with Gasteiger partial charge in [-0.25, -0.2) is 4.39 Å². The van der Waals surface area contributed by atoms with E-state index in [1.165, 1.54) is 6.07 Å². The van der Waals surface area contributed by atoms with Gasteiger partial charge in [0.15, 0.2) is 11.6 Å². The average molecular weight is 276 g/mol. The predicted octanol–water partition coefficient (Wildman–Crippen LogP) is 3.64. The molecule has 0 fully saturated rings. The average Bonchev–Trinajstić information content (AvgIpc) is 2.34. The third-order valence-electron chi connectivity index (χ3n) is 2.80. The first-order valence-electron chi connectivity index (χ1n) is 6.28. The van der Waals surface area contributed by atoms with Crippen LogP contribution in [0.3, 0.4) is 0 Å².